The van der Waals surface area contributed by atoms with Crippen LogP contribution in [-0.4, -0.2) is 35.0 Å². The Bertz CT molecular complexity index is 1010. The molecule has 0 spiro atoms. The van der Waals surface area contributed by atoms with Crippen molar-refractivity contribution >= 4 is 37.1 Å². The van der Waals surface area contributed by atoms with E-state index in [1.165, 1.54) is 18.2 Å². The molecule has 0 saturated carbocycles. The first-order valence-electron chi connectivity index (χ1n) is 7.36. The van der Waals surface area contributed by atoms with E-state index < -0.39 is 26.1 Å². The number of thiophene rings is 1. The molecule has 0 amide bonds. The van der Waals surface area contributed by atoms with Crippen molar-refractivity contribution in [2.24, 2.45) is 5.14 Å². The third-order valence-electron chi connectivity index (χ3n) is 3.80. The van der Waals surface area contributed by atoms with Gasteiger partial charge in [-0.05, 0) is 24.7 Å². The van der Waals surface area contributed by atoms with Gasteiger partial charge in [0.15, 0.2) is 0 Å². The number of phenols is 1. The third-order valence-corrected chi connectivity index (χ3v) is 8.69. The molecule has 0 saturated heterocycles. The van der Waals surface area contributed by atoms with Crippen LogP contribution >= 0.6 is 11.3 Å². The molecule has 8 nitrogen and oxygen atoms in total. The van der Waals surface area contributed by atoms with Crippen LogP contribution in [0.25, 0.3) is 0 Å². The number of aromatic hydroxyl groups is 1. The Morgan fingerprint density at radius 1 is 1.40 bits per heavy atom. The van der Waals surface area contributed by atoms with Crippen LogP contribution in [-0.2, 0) is 20.0 Å². The third kappa shape index (κ3) is 3.25. The highest BCUT2D eigenvalue weighted by Crippen LogP contribution is 2.42. The van der Waals surface area contributed by atoms with Crippen molar-refractivity contribution in [3.05, 3.63) is 35.9 Å². The smallest absolute Gasteiger partial charge is 0.274 e. The molecule has 1 aromatic heterocycles. The minimum Gasteiger partial charge on any atom is -0.508 e. The predicted molar refractivity (Wildman–Crippen MR) is 94.7 cm³/mol. The van der Waals surface area contributed by atoms with Crippen LogP contribution in [0.3, 0.4) is 0 Å². The summed E-state index contributed by atoms with van der Waals surface area (Å²) in [6.45, 7) is 2.51. The van der Waals surface area contributed by atoms with Gasteiger partial charge in [0.2, 0.25) is 10.0 Å². The molecule has 0 unspecified atom stereocenters. The van der Waals surface area contributed by atoms with Gasteiger partial charge in [-0.25, -0.2) is 22.0 Å². The highest BCUT2D eigenvalue weighted by Gasteiger charge is 2.40. The zero-order chi connectivity index (χ0) is 18.4. The summed E-state index contributed by atoms with van der Waals surface area (Å²) in [7, 11) is -7.97. The number of nitrogens with one attached hydrogen (secondary N) is 1. The number of fused-ring (bicyclic) bond motifs is 1. The summed E-state index contributed by atoms with van der Waals surface area (Å²) < 4.78 is 50.2. The Hall–Kier alpha value is -1.66. The van der Waals surface area contributed by atoms with Gasteiger partial charge in [0.1, 0.15) is 14.2 Å². The van der Waals surface area contributed by atoms with Crippen molar-refractivity contribution < 1.29 is 21.9 Å². The molecular formula is C14H17N3O5S3. The molecule has 0 bridgehead atoms. The molecule has 4 N–H and O–H groups in total. The number of likely N-dealkylation sites (N-methyl/N-ethyl adjacent to an activating group) is 1. The summed E-state index contributed by atoms with van der Waals surface area (Å²) in [5.74, 6) is -0.0603. The van der Waals surface area contributed by atoms with Gasteiger partial charge in [0.05, 0.1) is 18.3 Å². The molecular weight excluding hydrogens is 386 g/mol. The van der Waals surface area contributed by atoms with Gasteiger partial charge >= 0.3 is 0 Å². The number of phenolic OH excluding ortho intramolecular Hbond substituents is 1. The molecule has 0 radical (unpaired) electrons. The van der Waals surface area contributed by atoms with Crippen molar-refractivity contribution in [2.75, 3.05) is 17.4 Å². The van der Waals surface area contributed by atoms with E-state index in [1.54, 1.807) is 12.1 Å². The number of nitrogens with zero attached hydrogens (tertiary/aromatic N) is 1. The average Bonchev–Trinajstić information content (AvgIpc) is 2.97. The Morgan fingerprint density at radius 2 is 2.12 bits per heavy atom. The second-order valence-electron chi connectivity index (χ2n) is 5.52. The van der Waals surface area contributed by atoms with E-state index in [0.29, 0.717) is 29.1 Å². The lowest BCUT2D eigenvalue weighted by molar-refractivity contribution is 0.475. The molecule has 2 aromatic rings. The van der Waals surface area contributed by atoms with Crippen LogP contribution in [0.4, 0.5) is 5.69 Å². The summed E-state index contributed by atoms with van der Waals surface area (Å²) in [6, 6.07) is 6.83. The Balaban J connectivity index is 2.19. The maximum Gasteiger partial charge on any atom is 0.274 e. The average molecular weight is 404 g/mol. The number of rotatable bonds is 4. The van der Waals surface area contributed by atoms with Crippen molar-refractivity contribution in [3.63, 3.8) is 0 Å². The molecule has 3 rings (SSSR count). The fourth-order valence-electron chi connectivity index (χ4n) is 2.73. The molecule has 0 aliphatic carbocycles. The lowest BCUT2D eigenvalue weighted by Gasteiger charge is -2.33. The van der Waals surface area contributed by atoms with E-state index in [4.69, 9.17) is 5.14 Å². The van der Waals surface area contributed by atoms with Crippen LogP contribution in [0, 0.1) is 0 Å². The van der Waals surface area contributed by atoms with Gasteiger partial charge in [0.25, 0.3) is 10.0 Å². The topological polar surface area (TPSA) is 130 Å². The highest BCUT2D eigenvalue weighted by atomic mass is 32.3. The molecule has 1 aliphatic rings. The summed E-state index contributed by atoms with van der Waals surface area (Å²) in [5.41, 5.74) is 0.700. The van der Waals surface area contributed by atoms with Crippen LogP contribution in [0.15, 0.2) is 38.8 Å². The molecule has 136 valence electrons. The van der Waals surface area contributed by atoms with Crippen molar-refractivity contribution in [2.45, 2.75) is 21.4 Å². The predicted octanol–water partition coefficient (Wildman–Crippen LogP) is 0.961. The van der Waals surface area contributed by atoms with Crippen molar-refractivity contribution in [1.29, 1.82) is 0 Å². The molecule has 0 fully saturated rings. The zero-order valence-electron chi connectivity index (χ0n) is 13.2. The van der Waals surface area contributed by atoms with E-state index >= 15 is 0 Å². The number of benzene rings is 1. The minimum absolute atomic E-state index is 0.0583. The van der Waals surface area contributed by atoms with Gasteiger partial charge in [-0.2, -0.15) is 0 Å². The maximum atomic E-state index is 13.0. The summed E-state index contributed by atoms with van der Waals surface area (Å²) in [6.07, 6.45) is 0. The molecule has 1 aliphatic heterocycles. The van der Waals surface area contributed by atoms with E-state index in [-0.39, 0.29) is 20.7 Å². The molecule has 1 aromatic carbocycles. The monoisotopic (exact) mass is 403 g/mol. The lowest BCUT2D eigenvalue weighted by Crippen LogP contribution is -2.43. The Morgan fingerprint density at radius 3 is 2.72 bits per heavy atom. The largest absolute Gasteiger partial charge is 0.508 e. The Labute approximate surface area is 150 Å². The summed E-state index contributed by atoms with van der Waals surface area (Å²) in [5, 5.41) is 18.0. The Kier molecular flexibility index (Phi) is 4.54. The van der Waals surface area contributed by atoms with Crippen LogP contribution < -0.4 is 14.8 Å². The normalized spacial score (nSPS) is 19.6. The van der Waals surface area contributed by atoms with E-state index in [2.05, 4.69) is 5.32 Å². The zero-order valence-corrected chi connectivity index (χ0v) is 15.7. The van der Waals surface area contributed by atoms with Gasteiger partial charge in [-0.15, -0.1) is 11.3 Å². The SMILES string of the molecule is CCN[C@H]1CN(c2cccc(O)c2)S(=O)(=O)c2sc(S(N)(=O)=O)cc21. The number of hydrogen-bond acceptors (Lipinski definition) is 7. The van der Waals surface area contributed by atoms with Crippen molar-refractivity contribution in [3.8, 4) is 5.75 Å². The highest BCUT2D eigenvalue weighted by molar-refractivity contribution is 7.96. The standard InChI is InChI=1S/C14H17N3O5S3/c1-2-16-12-8-17(9-4-3-5-10(18)6-9)25(21,22)14-11(12)7-13(23-14)24(15,19)20/h3-7,12,16,18H,2,8H2,1H3,(H2,15,19,20)/t12-/m0/s1. The number of nitrogens with two attached hydrogens (primary N) is 1. The first-order chi connectivity index (χ1) is 11.6. The van der Waals surface area contributed by atoms with E-state index in [1.807, 2.05) is 6.92 Å². The van der Waals surface area contributed by atoms with Gasteiger partial charge in [0, 0.05) is 11.6 Å². The molecule has 11 heteroatoms. The maximum absolute atomic E-state index is 13.0. The van der Waals surface area contributed by atoms with Gasteiger partial charge in [-0.1, -0.05) is 13.0 Å². The quantitative estimate of drug-likeness (QED) is 0.697. The van der Waals surface area contributed by atoms with Gasteiger partial charge < -0.3 is 10.4 Å². The number of hydrogen-bond donors (Lipinski definition) is 3. The fourth-order valence-corrected chi connectivity index (χ4v) is 6.97. The van der Waals surface area contributed by atoms with E-state index in [9.17, 15) is 21.9 Å². The first-order valence-corrected chi connectivity index (χ1v) is 11.2. The second kappa shape index (κ2) is 6.25. The van der Waals surface area contributed by atoms with Crippen molar-refractivity contribution in [1.82, 2.24) is 5.32 Å². The summed E-state index contributed by atoms with van der Waals surface area (Å²) >= 11 is 0.636. The van der Waals surface area contributed by atoms with Gasteiger partial charge in [-0.3, -0.25) is 4.31 Å². The van der Waals surface area contributed by atoms with Crippen LogP contribution in [0.2, 0.25) is 0 Å². The number of anilines is 1. The molecule has 25 heavy (non-hydrogen) atoms. The fraction of sp³-hybridized carbons (Fsp3) is 0.286. The molecule has 2 heterocycles. The first kappa shape index (κ1) is 18.1. The van der Waals surface area contributed by atoms with Crippen LogP contribution in [0.1, 0.15) is 18.5 Å². The van der Waals surface area contributed by atoms with Crippen LogP contribution in [0.5, 0.6) is 5.75 Å². The minimum atomic E-state index is -4.01. The number of primary sulfonamides is 1. The summed E-state index contributed by atoms with van der Waals surface area (Å²) in [4.78, 5) is 0. The number of sulfonamides is 2. The lowest BCUT2D eigenvalue weighted by atomic mass is 10.1. The molecule has 1 atom stereocenters. The van der Waals surface area contributed by atoms with E-state index in [0.717, 1.165) is 4.31 Å². The second-order valence-corrected chi connectivity index (χ2v) is 10.4.